The van der Waals surface area contributed by atoms with E-state index in [9.17, 15) is 0 Å². The van der Waals surface area contributed by atoms with Crippen molar-refractivity contribution in [3.8, 4) is 0 Å². The molecule has 0 unspecified atom stereocenters. The molecule has 0 amide bonds. The highest BCUT2D eigenvalue weighted by Crippen LogP contribution is 2.21. The normalized spacial score (nSPS) is 11.2. The van der Waals surface area contributed by atoms with Crippen LogP contribution in [0.3, 0.4) is 0 Å². The van der Waals surface area contributed by atoms with Gasteiger partial charge in [-0.15, -0.1) is 4.43 Å². The Balaban J connectivity index is 2.80. The van der Waals surface area contributed by atoms with Gasteiger partial charge in [-0.2, -0.15) is 0 Å². The van der Waals surface area contributed by atoms with E-state index in [-0.39, 0.29) is 0 Å². The van der Waals surface area contributed by atoms with Gasteiger partial charge >= 0.3 is 0 Å². The number of hydrogen-bond acceptors (Lipinski definition) is 0. The van der Waals surface area contributed by atoms with E-state index in [1.807, 2.05) is 0 Å². The first-order chi connectivity index (χ1) is 12.2. The lowest BCUT2D eigenvalue weighted by atomic mass is 9.90. The lowest BCUT2D eigenvalue weighted by Gasteiger charge is -2.19. The first-order valence-corrected chi connectivity index (χ1v) is 11.7. The van der Waals surface area contributed by atoms with Gasteiger partial charge in [0.15, 0.2) is 16.3 Å². The highest BCUT2D eigenvalue weighted by atomic mass is 27.0. The van der Waals surface area contributed by atoms with Crippen molar-refractivity contribution < 1.29 is 0 Å². The molecule has 0 spiro atoms. The minimum atomic E-state index is 1.28. The fourth-order valence-corrected chi connectivity index (χ4v) is 4.21. The van der Waals surface area contributed by atoms with Crippen LogP contribution in [0.4, 0.5) is 0 Å². The van der Waals surface area contributed by atoms with Gasteiger partial charge in [-0.1, -0.05) is 96.3 Å². The van der Waals surface area contributed by atoms with E-state index in [4.69, 9.17) is 0 Å². The highest BCUT2D eigenvalue weighted by molar-refractivity contribution is 6.33. The molecule has 0 aliphatic rings. The third-order valence-corrected chi connectivity index (χ3v) is 5.97. The molecule has 0 N–H and O–H groups in total. The summed E-state index contributed by atoms with van der Waals surface area (Å²) in [7, 11) is 0. The van der Waals surface area contributed by atoms with Gasteiger partial charge in [-0.05, 0) is 49.7 Å². The van der Waals surface area contributed by atoms with E-state index in [0.717, 1.165) is 0 Å². The van der Waals surface area contributed by atoms with E-state index in [2.05, 4.69) is 49.2 Å². The molecule has 140 valence electrons. The Hall–Kier alpha value is -0.248. The SMILES string of the molecule is CCCCCCc1cc[c]([Al])c(CCCCCC)c1CCCCCC. The third-order valence-electron chi connectivity index (χ3n) is 5.42. The predicted molar refractivity (Wildman–Crippen MR) is 115 cm³/mol. The summed E-state index contributed by atoms with van der Waals surface area (Å²) < 4.78 is 1.46. The molecular weight excluding hydrogens is 315 g/mol. The minimum Gasteiger partial charge on any atom is -0.135 e. The maximum atomic E-state index is 3.02. The van der Waals surface area contributed by atoms with Gasteiger partial charge in [0.05, 0.1) is 0 Å². The van der Waals surface area contributed by atoms with Gasteiger partial charge in [-0.25, -0.2) is 0 Å². The molecule has 0 heterocycles. The standard InChI is InChI=1S/C24H41.Al/c1-4-7-10-13-17-22-19-16-20-23(18-14-11-8-5-2)24(22)21-15-12-9-6-3;/h16,19H,4-15,17-18,21H2,1-3H3;. The average Bonchev–Trinajstić information content (AvgIpc) is 2.62. The summed E-state index contributed by atoms with van der Waals surface area (Å²) in [6, 6.07) is 4.80. The second-order valence-electron chi connectivity index (χ2n) is 7.70. The van der Waals surface area contributed by atoms with E-state index < -0.39 is 0 Å². The van der Waals surface area contributed by atoms with Crippen molar-refractivity contribution in [2.24, 2.45) is 0 Å². The molecule has 0 aliphatic carbocycles. The summed E-state index contributed by atoms with van der Waals surface area (Å²) in [4.78, 5) is 0. The summed E-state index contributed by atoms with van der Waals surface area (Å²) in [6.07, 6.45) is 20.3. The molecule has 0 aromatic heterocycles. The molecular formula is C24H41Al. The fraction of sp³-hybridized carbons (Fsp3) is 0.750. The Bertz CT molecular complexity index is 450. The molecule has 0 nitrogen and oxygen atoms in total. The quantitative estimate of drug-likeness (QED) is 0.238. The Kier molecular flexibility index (Phi) is 13.6. The summed E-state index contributed by atoms with van der Waals surface area (Å²) in [5.74, 6) is 0. The van der Waals surface area contributed by atoms with Crippen LogP contribution in [0.1, 0.15) is 115 Å². The van der Waals surface area contributed by atoms with Crippen LogP contribution in [0.15, 0.2) is 12.1 Å². The summed E-state index contributed by atoms with van der Waals surface area (Å²) >= 11 is 3.02. The predicted octanol–water partition coefficient (Wildman–Crippen LogP) is 6.85. The van der Waals surface area contributed by atoms with Crippen molar-refractivity contribution in [1.82, 2.24) is 0 Å². The van der Waals surface area contributed by atoms with Gasteiger partial charge in [0, 0.05) is 0 Å². The Labute approximate surface area is 166 Å². The summed E-state index contributed by atoms with van der Waals surface area (Å²) in [5.41, 5.74) is 5.05. The van der Waals surface area contributed by atoms with E-state index >= 15 is 0 Å². The number of hydrogen-bond donors (Lipinski definition) is 0. The molecule has 2 radical (unpaired) electrons. The van der Waals surface area contributed by atoms with Crippen LogP contribution in [-0.4, -0.2) is 16.3 Å². The topological polar surface area (TPSA) is 0 Å². The van der Waals surface area contributed by atoms with Crippen molar-refractivity contribution in [2.45, 2.75) is 117 Å². The molecule has 1 rings (SSSR count). The Morgan fingerprint density at radius 3 is 1.56 bits per heavy atom. The Morgan fingerprint density at radius 1 is 0.560 bits per heavy atom. The van der Waals surface area contributed by atoms with Gasteiger partial charge in [0.25, 0.3) is 0 Å². The molecule has 0 bridgehead atoms. The van der Waals surface area contributed by atoms with Gasteiger partial charge < -0.3 is 0 Å². The molecule has 0 atom stereocenters. The smallest absolute Gasteiger partial charge is 0.135 e. The van der Waals surface area contributed by atoms with Crippen LogP contribution in [-0.2, 0) is 19.3 Å². The lowest BCUT2D eigenvalue weighted by Crippen LogP contribution is -2.16. The maximum absolute atomic E-state index is 3.02. The number of rotatable bonds is 15. The summed E-state index contributed by atoms with van der Waals surface area (Å²) in [5, 5.41) is 0. The molecule has 0 aliphatic heterocycles. The molecule has 0 saturated heterocycles. The molecule has 0 saturated carbocycles. The molecule has 1 heteroatoms. The molecule has 1 aromatic rings. The second kappa shape index (κ2) is 14.9. The van der Waals surface area contributed by atoms with Crippen LogP contribution in [0.2, 0.25) is 0 Å². The summed E-state index contributed by atoms with van der Waals surface area (Å²) in [6.45, 7) is 6.91. The largest absolute Gasteiger partial charge is 0.176 e. The molecule has 25 heavy (non-hydrogen) atoms. The fourth-order valence-electron chi connectivity index (χ4n) is 3.80. The van der Waals surface area contributed by atoms with Crippen LogP contribution in [0.5, 0.6) is 0 Å². The second-order valence-corrected chi connectivity index (χ2v) is 8.33. The highest BCUT2D eigenvalue weighted by Gasteiger charge is 2.10. The van der Waals surface area contributed by atoms with Crippen LogP contribution in [0, 0.1) is 0 Å². The van der Waals surface area contributed by atoms with Crippen LogP contribution < -0.4 is 4.43 Å². The van der Waals surface area contributed by atoms with Gasteiger partial charge in [0.2, 0.25) is 0 Å². The average molecular weight is 357 g/mol. The lowest BCUT2D eigenvalue weighted by molar-refractivity contribution is 0.640. The van der Waals surface area contributed by atoms with Crippen molar-refractivity contribution in [3.05, 3.63) is 28.8 Å². The Morgan fingerprint density at radius 2 is 1.04 bits per heavy atom. The number of unbranched alkanes of at least 4 members (excludes halogenated alkanes) is 9. The zero-order valence-electron chi connectivity index (χ0n) is 17.3. The first kappa shape index (κ1) is 22.8. The third kappa shape index (κ3) is 9.31. The van der Waals surface area contributed by atoms with E-state index in [0.29, 0.717) is 0 Å². The van der Waals surface area contributed by atoms with Gasteiger partial charge in [-0.3, -0.25) is 0 Å². The van der Waals surface area contributed by atoms with Crippen molar-refractivity contribution in [2.75, 3.05) is 0 Å². The first-order valence-electron chi connectivity index (χ1n) is 11.1. The zero-order chi connectivity index (χ0) is 18.3. The van der Waals surface area contributed by atoms with Crippen LogP contribution in [0.25, 0.3) is 0 Å². The van der Waals surface area contributed by atoms with E-state index in [1.165, 1.54) is 101 Å². The monoisotopic (exact) mass is 356 g/mol. The van der Waals surface area contributed by atoms with Crippen molar-refractivity contribution in [3.63, 3.8) is 0 Å². The van der Waals surface area contributed by atoms with E-state index in [1.54, 1.807) is 16.7 Å². The number of benzene rings is 1. The maximum Gasteiger partial charge on any atom is 0.176 e. The zero-order valence-corrected chi connectivity index (χ0v) is 18.5. The minimum absolute atomic E-state index is 1.28. The number of aryl methyl sites for hydroxylation is 1. The van der Waals surface area contributed by atoms with Crippen molar-refractivity contribution >= 4 is 20.7 Å². The van der Waals surface area contributed by atoms with Crippen LogP contribution >= 0.6 is 0 Å². The molecule has 0 fully saturated rings. The molecule has 1 aromatic carbocycles. The van der Waals surface area contributed by atoms with Crippen molar-refractivity contribution in [1.29, 1.82) is 0 Å². The van der Waals surface area contributed by atoms with Gasteiger partial charge in [0.1, 0.15) is 0 Å².